The van der Waals surface area contributed by atoms with Crippen molar-refractivity contribution in [3.8, 4) is 5.75 Å². The van der Waals surface area contributed by atoms with Crippen LogP contribution in [0, 0.1) is 0 Å². The highest BCUT2D eigenvalue weighted by Crippen LogP contribution is 2.34. The fourth-order valence-electron chi connectivity index (χ4n) is 1.68. The third-order valence-electron chi connectivity index (χ3n) is 2.67. The smallest absolute Gasteiger partial charge is 0.481 e. The Labute approximate surface area is 136 Å². The van der Waals surface area contributed by atoms with Gasteiger partial charge >= 0.3 is 24.5 Å². The highest BCUT2D eigenvalue weighted by atomic mass is 19.4. The zero-order valence-electron chi connectivity index (χ0n) is 12.2. The van der Waals surface area contributed by atoms with Gasteiger partial charge in [0.15, 0.2) is 6.04 Å². The normalized spacial score (nSPS) is 13.0. The Hall–Kier alpha value is -2.66. The molecule has 2 amide bonds. The Kier molecular flexibility index (Phi) is 6.48. The van der Waals surface area contributed by atoms with E-state index in [-0.39, 0.29) is 0 Å². The van der Waals surface area contributed by atoms with Crippen LogP contribution in [0.1, 0.15) is 18.0 Å². The summed E-state index contributed by atoms with van der Waals surface area (Å²) in [6.45, 7) is -0.399. The van der Waals surface area contributed by atoms with Crippen LogP contribution in [0.3, 0.4) is 0 Å². The molecule has 25 heavy (non-hydrogen) atoms. The third kappa shape index (κ3) is 7.63. The third-order valence-corrected chi connectivity index (χ3v) is 2.67. The van der Waals surface area contributed by atoms with E-state index in [9.17, 15) is 35.9 Å². The maximum absolute atomic E-state index is 13.0. The number of carbonyl (C=O) groups is 2. The number of hydrogen-bond donors (Lipinski definition) is 3. The number of halogens is 6. The molecule has 0 spiro atoms. The second kappa shape index (κ2) is 7.94. The molecule has 1 rings (SSSR count). The lowest BCUT2D eigenvalue weighted by molar-refractivity contribution is -0.274. The van der Waals surface area contributed by atoms with Gasteiger partial charge in [0, 0.05) is 6.54 Å². The number of nitrogens with one attached hydrogen (secondary N) is 2. The highest BCUT2D eigenvalue weighted by Gasteiger charge is 2.42. The second-order valence-electron chi connectivity index (χ2n) is 4.64. The van der Waals surface area contributed by atoms with Crippen molar-refractivity contribution < 1.29 is 45.8 Å². The van der Waals surface area contributed by atoms with Crippen molar-refractivity contribution in [1.82, 2.24) is 10.6 Å². The van der Waals surface area contributed by atoms with Crippen molar-refractivity contribution in [2.75, 3.05) is 6.54 Å². The molecule has 0 saturated heterocycles. The minimum absolute atomic E-state index is 0.399. The van der Waals surface area contributed by atoms with E-state index >= 15 is 0 Å². The first-order valence-electron chi connectivity index (χ1n) is 6.57. The van der Waals surface area contributed by atoms with Crippen molar-refractivity contribution in [1.29, 1.82) is 0 Å². The van der Waals surface area contributed by atoms with E-state index in [4.69, 9.17) is 5.11 Å². The number of urea groups is 1. The predicted octanol–water partition coefficient (Wildman–Crippen LogP) is 2.96. The Morgan fingerprint density at radius 1 is 1.08 bits per heavy atom. The minimum Gasteiger partial charge on any atom is -0.481 e. The van der Waals surface area contributed by atoms with Crippen molar-refractivity contribution in [3.05, 3.63) is 29.8 Å². The van der Waals surface area contributed by atoms with Crippen LogP contribution in [-0.2, 0) is 4.79 Å². The van der Waals surface area contributed by atoms with Gasteiger partial charge in [-0.2, -0.15) is 13.2 Å². The molecule has 12 heteroatoms. The van der Waals surface area contributed by atoms with Crippen LogP contribution >= 0.6 is 0 Å². The monoisotopic (exact) mass is 374 g/mol. The van der Waals surface area contributed by atoms with Crippen LogP contribution < -0.4 is 15.4 Å². The summed E-state index contributed by atoms with van der Waals surface area (Å²) >= 11 is 0. The van der Waals surface area contributed by atoms with E-state index in [0.29, 0.717) is 12.1 Å². The molecule has 0 bridgehead atoms. The van der Waals surface area contributed by atoms with Crippen LogP contribution in [-0.4, -0.2) is 36.2 Å². The first-order valence-corrected chi connectivity index (χ1v) is 6.57. The van der Waals surface area contributed by atoms with Gasteiger partial charge in [0.05, 0.1) is 6.42 Å². The number of ether oxygens (including phenoxy) is 1. The number of hydrogen-bond acceptors (Lipinski definition) is 3. The van der Waals surface area contributed by atoms with Gasteiger partial charge in [-0.1, -0.05) is 12.1 Å². The van der Waals surface area contributed by atoms with Gasteiger partial charge in [0.1, 0.15) is 5.75 Å². The van der Waals surface area contributed by atoms with Crippen molar-refractivity contribution in [2.45, 2.75) is 25.0 Å². The van der Waals surface area contributed by atoms with Crippen LogP contribution in [0.4, 0.5) is 31.1 Å². The number of benzene rings is 1. The van der Waals surface area contributed by atoms with E-state index in [1.807, 2.05) is 5.32 Å². The molecule has 0 heterocycles. The quantitative estimate of drug-likeness (QED) is 0.668. The number of carbonyl (C=O) groups excluding carboxylic acids is 1. The summed E-state index contributed by atoms with van der Waals surface area (Å²) in [5.74, 6) is -1.98. The summed E-state index contributed by atoms with van der Waals surface area (Å²) in [7, 11) is 0. The summed E-state index contributed by atoms with van der Waals surface area (Å²) in [4.78, 5) is 21.7. The molecular formula is C13H12F6N2O4. The van der Waals surface area contributed by atoms with Gasteiger partial charge in [0.2, 0.25) is 0 Å². The van der Waals surface area contributed by atoms with E-state index in [1.54, 1.807) is 5.32 Å². The molecular weight excluding hydrogens is 362 g/mol. The van der Waals surface area contributed by atoms with Crippen LogP contribution in [0.5, 0.6) is 5.75 Å². The predicted molar refractivity (Wildman–Crippen MR) is 70.7 cm³/mol. The number of alkyl halides is 6. The van der Waals surface area contributed by atoms with Crippen LogP contribution in [0.2, 0.25) is 0 Å². The Morgan fingerprint density at radius 3 is 2.08 bits per heavy atom. The SMILES string of the molecule is O=C(O)CCNC(=O)NC(c1ccc(OC(F)(F)F)cc1)C(F)(F)F. The molecule has 1 atom stereocenters. The lowest BCUT2D eigenvalue weighted by Gasteiger charge is -2.22. The molecule has 0 aromatic heterocycles. The molecule has 1 aromatic carbocycles. The molecule has 0 aliphatic heterocycles. The first kappa shape index (κ1) is 20.4. The molecule has 0 aliphatic rings. The molecule has 140 valence electrons. The first-order chi connectivity index (χ1) is 11.4. The van der Waals surface area contributed by atoms with Crippen molar-refractivity contribution >= 4 is 12.0 Å². The van der Waals surface area contributed by atoms with Gasteiger partial charge < -0.3 is 20.5 Å². The summed E-state index contributed by atoms with van der Waals surface area (Å²) in [6, 6.07) is -0.999. The Bertz CT molecular complexity index is 600. The average Bonchev–Trinajstić information content (AvgIpc) is 2.42. The molecule has 0 aliphatic carbocycles. The van der Waals surface area contributed by atoms with Gasteiger partial charge in [-0.25, -0.2) is 4.79 Å². The standard InChI is InChI=1S/C13H12F6N2O4/c14-12(15,16)10(21-11(24)20-6-5-9(22)23)7-1-3-8(4-2-7)25-13(17,18)19/h1-4,10H,5-6H2,(H,22,23)(H2,20,21,24). The molecule has 0 fully saturated rings. The summed E-state index contributed by atoms with van der Waals surface area (Å²) in [5.41, 5.74) is -0.532. The fraction of sp³-hybridized carbons (Fsp3) is 0.385. The van der Waals surface area contributed by atoms with E-state index in [2.05, 4.69) is 4.74 Å². The van der Waals surface area contributed by atoms with Gasteiger partial charge in [-0.05, 0) is 17.7 Å². The zero-order chi connectivity index (χ0) is 19.3. The molecule has 0 saturated carbocycles. The zero-order valence-corrected chi connectivity index (χ0v) is 12.2. The minimum atomic E-state index is -4.99. The number of aliphatic carboxylic acids is 1. The molecule has 0 radical (unpaired) electrons. The number of rotatable bonds is 6. The van der Waals surface area contributed by atoms with Crippen LogP contribution in [0.25, 0.3) is 0 Å². The average molecular weight is 374 g/mol. The lowest BCUT2D eigenvalue weighted by atomic mass is 10.1. The Balaban J connectivity index is 2.82. The summed E-state index contributed by atoms with van der Waals surface area (Å²) in [5, 5.41) is 11.9. The van der Waals surface area contributed by atoms with Crippen molar-refractivity contribution in [2.24, 2.45) is 0 Å². The molecule has 6 nitrogen and oxygen atoms in total. The Morgan fingerprint density at radius 2 is 1.64 bits per heavy atom. The van der Waals surface area contributed by atoms with E-state index in [1.165, 1.54) is 0 Å². The summed E-state index contributed by atoms with van der Waals surface area (Å²) in [6.07, 6.45) is -10.4. The topological polar surface area (TPSA) is 87.7 Å². The maximum Gasteiger partial charge on any atom is 0.573 e. The second-order valence-corrected chi connectivity index (χ2v) is 4.64. The lowest BCUT2D eigenvalue weighted by Crippen LogP contribution is -2.44. The number of carboxylic acids is 1. The van der Waals surface area contributed by atoms with Gasteiger partial charge in [0.25, 0.3) is 0 Å². The maximum atomic E-state index is 13.0. The number of carboxylic acid groups (broad SMARTS) is 1. The largest absolute Gasteiger partial charge is 0.573 e. The van der Waals surface area contributed by atoms with Gasteiger partial charge in [-0.3, -0.25) is 4.79 Å². The van der Waals surface area contributed by atoms with E-state index in [0.717, 1.165) is 12.1 Å². The highest BCUT2D eigenvalue weighted by molar-refractivity contribution is 5.75. The molecule has 3 N–H and O–H groups in total. The molecule has 1 aromatic rings. The fourth-order valence-corrected chi connectivity index (χ4v) is 1.68. The summed E-state index contributed by atoms with van der Waals surface area (Å²) < 4.78 is 78.7. The van der Waals surface area contributed by atoms with E-state index < -0.39 is 54.9 Å². The van der Waals surface area contributed by atoms with Crippen molar-refractivity contribution in [3.63, 3.8) is 0 Å². The van der Waals surface area contributed by atoms with Gasteiger partial charge in [-0.15, -0.1) is 13.2 Å². The number of amides is 2. The molecule has 1 unspecified atom stereocenters. The van der Waals surface area contributed by atoms with Crippen LogP contribution in [0.15, 0.2) is 24.3 Å².